The Balaban J connectivity index is 1.15. The first kappa shape index (κ1) is 29.3. The zero-order chi connectivity index (χ0) is 35.3. The Morgan fingerprint density at radius 1 is 0.519 bits per heavy atom. The first-order valence-corrected chi connectivity index (χ1v) is 18.5. The number of benzene rings is 8. The van der Waals surface area contributed by atoms with Gasteiger partial charge in [-0.15, -0.1) is 0 Å². The lowest BCUT2D eigenvalue weighted by Gasteiger charge is -2.29. The van der Waals surface area contributed by atoms with Crippen molar-refractivity contribution in [1.82, 2.24) is 14.0 Å². The van der Waals surface area contributed by atoms with Crippen molar-refractivity contribution in [2.45, 2.75) is 6.04 Å². The number of fused-ring (bicyclic) bond motifs is 6. The summed E-state index contributed by atoms with van der Waals surface area (Å²) in [6.07, 6.45) is 0. The van der Waals surface area contributed by atoms with Gasteiger partial charge in [-0.25, -0.2) is 9.98 Å². The van der Waals surface area contributed by atoms with Crippen LogP contribution in [0.1, 0.15) is 17.2 Å². The van der Waals surface area contributed by atoms with Crippen molar-refractivity contribution < 1.29 is 0 Å². The zero-order valence-electron chi connectivity index (χ0n) is 29.1. The third-order valence-electron chi connectivity index (χ3n) is 11.3. The summed E-state index contributed by atoms with van der Waals surface area (Å²) in [6.45, 7) is 0. The molecular formula is C49H31N5. The fourth-order valence-electron chi connectivity index (χ4n) is 8.93. The van der Waals surface area contributed by atoms with Crippen LogP contribution in [0.5, 0.6) is 0 Å². The van der Waals surface area contributed by atoms with Crippen molar-refractivity contribution in [3.63, 3.8) is 0 Å². The summed E-state index contributed by atoms with van der Waals surface area (Å²) in [7, 11) is 0. The maximum atomic E-state index is 5.51. The van der Waals surface area contributed by atoms with E-state index in [-0.39, 0.29) is 6.04 Å². The highest BCUT2D eigenvalue weighted by atomic mass is 15.1. The highest BCUT2D eigenvalue weighted by molar-refractivity contribution is 6.30. The molecule has 252 valence electrons. The Labute approximate surface area is 310 Å². The molecule has 5 heteroatoms. The standard InChI is InChI=1S/C49H31N5/c1-4-13-31(14-5-1)45-46(32-15-6-2-7-16-32)52-47-37-29-34(25-23-30(37)24-26-38(47)50-45)53-41-22-12-20-36-35-19-10-11-21-40(35)54-48-39(27-28-42(53)44(48)43(36)41)51-49(54)33-17-8-3-9-18-33/h1-29,45,50H. The highest BCUT2D eigenvalue weighted by Crippen LogP contribution is 2.46. The van der Waals surface area contributed by atoms with Crippen LogP contribution in [0.3, 0.4) is 0 Å². The van der Waals surface area contributed by atoms with Crippen LogP contribution in [-0.4, -0.2) is 19.7 Å². The highest BCUT2D eigenvalue weighted by Gasteiger charge is 2.27. The zero-order valence-corrected chi connectivity index (χ0v) is 29.1. The van der Waals surface area contributed by atoms with Gasteiger partial charge in [-0.2, -0.15) is 0 Å². The third-order valence-corrected chi connectivity index (χ3v) is 11.3. The molecule has 8 aromatic carbocycles. The second-order valence-corrected chi connectivity index (χ2v) is 14.2. The summed E-state index contributed by atoms with van der Waals surface area (Å²) in [5, 5.41) is 11.0. The number of rotatable bonds is 4. The molecule has 1 unspecified atom stereocenters. The Morgan fingerprint density at radius 2 is 1.20 bits per heavy atom. The summed E-state index contributed by atoms with van der Waals surface area (Å²) in [5.74, 6) is 0.949. The number of nitrogens with zero attached hydrogens (tertiary/aromatic N) is 4. The average molecular weight is 690 g/mol. The van der Waals surface area contributed by atoms with E-state index in [1.54, 1.807) is 0 Å². The van der Waals surface area contributed by atoms with Gasteiger partial charge in [0.15, 0.2) is 0 Å². The van der Waals surface area contributed by atoms with E-state index < -0.39 is 0 Å². The van der Waals surface area contributed by atoms with Gasteiger partial charge in [0.1, 0.15) is 5.82 Å². The van der Waals surface area contributed by atoms with Crippen molar-refractivity contribution >= 4 is 77.0 Å². The maximum Gasteiger partial charge on any atom is 0.145 e. The molecule has 0 saturated carbocycles. The largest absolute Gasteiger partial charge is 0.371 e. The number of anilines is 1. The van der Waals surface area contributed by atoms with Gasteiger partial charge >= 0.3 is 0 Å². The van der Waals surface area contributed by atoms with Crippen LogP contribution in [0.2, 0.25) is 0 Å². The molecule has 11 aromatic rings. The minimum Gasteiger partial charge on any atom is -0.371 e. The monoisotopic (exact) mass is 689 g/mol. The molecule has 4 heterocycles. The fraction of sp³-hybridized carbons (Fsp3) is 0.0204. The number of para-hydroxylation sites is 1. The molecule has 1 aliphatic heterocycles. The summed E-state index contributed by atoms with van der Waals surface area (Å²) in [5.41, 5.74) is 13.1. The van der Waals surface area contributed by atoms with Crippen LogP contribution < -0.4 is 5.32 Å². The van der Waals surface area contributed by atoms with Gasteiger partial charge in [0.05, 0.1) is 50.7 Å². The molecule has 54 heavy (non-hydrogen) atoms. The van der Waals surface area contributed by atoms with Gasteiger partial charge in [-0.1, -0.05) is 133 Å². The first-order chi connectivity index (χ1) is 26.8. The molecule has 0 aliphatic carbocycles. The van der Waals surface area contributed by atoms with Crippen LogP contribution in [0.15, 0.2) is 181 Å². The Hall–Kier alpha value is -7.24. The number of aromatic nitrogens is 3. The molecule has 0 bridgehead atoms. The van der Waals surface area contributed by atoms with Crippen molar-refractivity contribution in [3.05, 3.63) is 187 Å². The second kappa shape index (κ2) is 11.1. The van der Waals surface area contributed by atoms with E-state index in [0.717, 1.165) is 72.6 Å². The molecule has 0 amide bonds. The number of nitrogens with one attached hydrogen (secondary N) is 1. The molecule has 1 atom stereocenters. The first-order valence-electron chi connectivity index (χ1n) is 18.5. The lowest BCUT2D eigenvalue weighted by molar-refractivity contribution is 1.02. The van der Waals surface area contributed by atoms with E-state index in [1.807, 2.05) is 0 Å². The predicted molar refractivity (Wildman–Crippen MR) is 224 cm³/mol. The number of imidazole rings is 1. The Bertz CT molecular complexity index is 3280. The molecule has 1 N–H and O–H groups in total. The van der Waals surface area contributed by atoms with Gasteiger partial charge in [0.2, 0.25) is 0 Å². The minimum absolute atomic E-state index is 0.0704. The van der Waals surface area contributed by atoms with E-state index in [1.165, 1.54) is 32.6 Å². The quantitative estimate of drug-likeness (QED) is 0.200. The van der Waals surface area contributed by atoms with E-state index in [4.69, 9.17) is 9.98 Å². The van der Waals surface area contributed by atoms with Crippen LogP contribution in [-0.2, 0) is 0 Å². The van der Waals surface area contributed by atoms with Crippen molar-refractivity contribution in [2.75, 3.05) is 5.32 Å². The molecule has 0 saturated heterocycles. The summed E-state index contributed by atoms with van der Waals surface area (Å²) >= 11 is 0. The SMILES string of the molecule is c1ccc(C2=Nc3c(ccc4ccc(-n5c6cccc7c8ccccc8n8c(-c9ccccc9)nc9ccc5c(c76)c98)cc34)NC2c2ccccc2)cc1. The van der Waals surface area contributed by atoms with Crippen LogP contribution in [0, 0.1) is 0 Å². The molecule has 12 rings (SSSR count). The number of hydrogen-bond donors (Lipinski definition) is 1. The van der Waals surface area contributed by atoms with E-state index in [0.29, 0.717) is 0 Å². The van der Waals surface area contributed by atoms with Crippen molar-refractivity contribution in [3.8, 4) is 17.1 Å². The van der Waals surface area contributed by atoms with Crippen LogP contribution in [0.25, 0.3) is 77.0 Å². The van der Waals surface area contributed by atoms with E-state index in [2.05, 4.69) is 190 Å². The smallest absolute Gasteiger partial charge is 0.145 e. The summed E-state index contributed by atoms with van der Waals surface area (Å²) < 4.78 is 4.82. The summed E-state index contributed by atoms with van der Waals surface area (Å²) in [4.78, 5) is 10.8. The van der Waals surface area contributed by atoms with Gasteiger partial charge in [0, 0.05) is 32.8 Å². The summed E-state index contributed by atoms with van der Waals surface area (Å²) in [6, 6.07) is 62.8. The number of hydrogen-bond acceptors (Lipinski definition) is 3. The topological polar surface area (TPSA) is 46.6 Å². The Morgan fingerprint density at radius 3 is 2.04 bits per heavy atom. The Kier molecular flexibility index (Phi) is 6.05. The van der Waals surface area contributed by atoms with E-state index >= 15 is 0 Å². The molecule has 0 radical (unpaired) electrons. The van der Waals surface area contributed by atoms with E-state index in [9.17, 15) is 0 Å². The lowest BCUT2D eigenvalue weighted by Crippen LogP contribution is -2.25. The van der Waals surface area contributed by atoms with Gasteiger partial charge in [0.25, 0.3) is 0 Å². The molecule has 3 aromatic heterocycles. The van der Waals surface area contributed by atoms with Gasteiger partial charge in [-0.3, -0.25) is 4.40 Å². The average Bonchev–Trinajstić information content (AvgIpc) is 3.76. The normalized spacial score (nSPS) is 14.4. The third kappa shape index (κ3) is 4.09. The van der Waals surface area contributed by atoms with Crippen molar-refractivity contribution in [2.24, 2.45) is 4.99 Å². The molecular weight excluding hydrogens is 659 g/mol. The van der Waals surface area contributed by atoms with Gasteiger partial charge in [-0.05, 0) is 64.4 Å². The molecule has 1 aliphatic rings. The van der Waals surface area contributed by atoms with Crippen LogP contribution in [0.4, 0.5) is 11.4 Å². The molecule has 5 nitrogen and oxygen atoms in total. The van der Waals surface area contributed by atoms with Crippen molar-refractivity contribution in [1.29, 1.82) is 0 Å². The lowest BCUT2D eigenvalue weighted by atomic mass is 9.93. The molecule has 0 spiro atoms. The minimum atomic E-state index is -0.0704. The van der Waals surface area contributed by atoms with Crippen LogP contribution >= 0.6 is 0 Å². The predicted octanol–water partition coefficient (Wildman–Crippen LogP) is 12.3. The number of aliphatic imine (C=N–C) groups is 1. The second-order valence-electron chi connectivity index (χ2n) is 14.2. The van der Waals surface area contributed by atoms with Gasteiger partial charge < -0.3 is 9.88 Å². The maximum absolute atomic E-state index is 5.51. The molecule has 0 fully saturated rings. The fourth-order valence-corrected chi connectivity index (χ4v) is 8.93.